The molecule has 4 heteroatoms. The summed E-state index contributed by atoms with van der Waals surface area (Å²) in [4.78, 5) is 2.55. The van der Waals surface area contributed by atoms with Gasteiger partial charge in [-0.05, 0) is 29.7 Å². The molecule has 1 aliphatic rings. The lowest BCUT2D eigenvalue weighted by atomic mass is 10.0. The Kier molecular flexibility index (Phi) is 6.31. The Morgan fingerprint density at radius 2 is 1.80 bits per heavy atom. The SMILES string of the molecule is CC[C@H](c1ccc(OCc2ccccc2)c(OC)c1)N1CCNCC1. The number of benzene rings is 2. The lowest BCUT2D eigenvalue weighted by Gasteiger charge is -2.35. The fourth-order valence-corrected chi connectivity index (χ4v) is 3.44. The fourth-order valence-electron chi connectivity index (χ4n) is 3.44. The van der Waals surface area contributed by atoms with Gasteiger partial charge in [-0.2, -0.15) is 0 Å². The van der Waals surface area contributed by atoms with Gasteiger partial charge in [0.15, 0.2) is 11.5 Å². The zero-order valence-corrected chi connectivity index (χ0v) is 15.2. The fraction of sp³-hybridized carbons (Fsp3) is 0.429. The summed E-state index contributed by atoms with van der Waals surface area (Å²) in [6.45, 7) is 7.10. The highest BCUT2D eigenvalue weighted by Crippen LogP contribution is 2.34. The lowest BCUT2D eigenvalue weighted by Crippen LogP contribution is -2.45. The van der Waals surface area contributed by atoms with Crippen molar-refractivity contribution in [1.82, 2.24) is 10.2 Å². The van der Waals surface area contributed by atoms with Crippen molar-refractivity contribution in [2.45, 2.75) is 26.0 Å². The quantitative estimate of drug-likeness (QED) is 0.834. The largest absolute Gasteiger partial charge is 0.493 e. The smallest absolute Gasteiger partial charge is 0.161 e. The topological polar surface area (TPSA) is 33.7 Å². The first-order chi connectivity index (χ1) is 12.3. The minimum absolute atomic E-state index is 0.430. The summed E-state index contributed by atoms with van der Waals surface area (Å²) in [5.74, 6) is 1.60. The third-order valence-electron chi connectivity index (χ3n) is 4.79. The van der Waals surface area contributed by atoms with E-state index in [1.165, 1.54) is 5.56 Å². The second-order valence-corrected chi connectivity index (χ2v) is 6.39. The number of hydrogen-bond acceptors (Lipinski definition) is 4. The van der Waals surface area contributed by atoms with E-state index in [1.807, 2.05) is 24.3 Å². The molecule has 1 atom stereocenters. The van der Waals surface area contributed by atoms with Crippen molar-refractivity contribution in [1.29, 1.82) is 0 Å². The normalized spacial score (nSPS) is 16.4. The van der Waals surface area contributed by atoms with E-state index in [1.54, 1.807) is 7.11 Å². The van der Waals surface area contributed by atoms with Crippen LogP contribution in [0, 0.1) is 0 Å². The Labute approximate surface area is 150 Å². The minimum Gasteiger partial charge on any atom is -0.493 e. The molecule has 3 rings (SSSR count). The molecule has 2 aromatic rings. The van der Waals surface area contributed by atoms with Gasteiger partial charge < -0.3 is 14.8 Å². The first kappa shape index (κ1) is 17.8. The molecule has 134 valence electrons. The molecule has 0 aromatic heterocycles. The molecule has 1 fully saturated rings. The van der Waals surface area contributed by atoms with Gasteiger partial charge >= 0.3 is 0 Å². The van der Waals surface area contributed by atoms with Crippen LogP contribution in [0.25, 0.3) is 0 Å². The van der Waals surface area contributed by atoms with Gasteiger partial charge in [-0.25, -0.2) is 0 Å². The second kappa shape index (κ2) is 8.88. The zero-order chi connectivity index (χ0) is 17.5. The van der Waals surface area contributed by atoms with Crippen LogP contribution in [0.2, 0.25) is 0 Å². The van der Waals surface area contributed by atoms with Crippen LogP contribution in [0.1, 0.15) is 30.5 Å². The zero-order valence-electron chi connectivity index (χ0n) is 15.2. The van der Waals surface area contributed by atoms with Crippen LogP contribution in [0.5, 0.6) is 11.5 Å². The lowest BCUT2D eigenvalue weighted by molar-refractivity contribution is 0.169. The summed E-state index contributed by atoms with van der Waals surface area (Å²) < 4.78 is 11.6. The van der Waals surface area contributed by atoms with E-state index in [0.29, 0.717) is 12.6 Å². The summed E-state index contributed by atoms with van der Waals surface area (Å²) >= 11 is 0. The van der Waals surface area contributed by atoms with Crippen LogP contribution in [0.15, 0.2) is 48.5 Å². The molecule has 0 unspecified atom stereocenters. The predicted molar refractivity (Wildman–Crippen MR) is 101 cm³/mol. The summed E-state index contributed by atoms with van der Waals surface area (Å²) in [6.07, 6.45) is 1.09. The first-order valence-electron chi connectivity index (χ1n) is 9.11. The average Bonchev–Trinajstić information content (AvgIpc) is 2.69. The molecule has 1 heterocycles. The maximum atomic E-state index is 5.98. The van der Waals surface area contributed by atoms with E-state index in [-0.39, 0.29) is 0 Å². The minimum atomic E-state index is 0.430. The van der Waals surface area contributed by atoms with E-state index in [0.717, 1.165) is 49.7 Å². The van der Waals surface area contributed by atoms with Crippen LogP contribution >= 0.6 is 0 Å². The van der Waals surface area contributed by atoms with Gasteiger partial charge in [0.05, 0.1) is 7.11 Å². The van der Waals surface area contributed by atoms with E-state index in [9.17, 15) is 0 Å². The van der Waals surface area contributed by atoms with Crippen molar-refractivity contribution in [3.05, 3.63) is 59.7 Å². The molecule has 0 amide bonds. The molecule has 0 spiro atoms. The van der Waals surface area contributed by atoms with Crippen LogP contribution in [0.3, 0.4) is 0 Å². The average molecular weight is 340 g/mol. The summed E-state index contributed by atoms with van der Waals surface area (Å²) in [5.41, 5.74) is 2.45. The van der Waals surface area contributed by atoms with Crippen molar-refractivity contribution in [3.63, 3.8) is 0 Å². The molecule has 25 heavy (non-hydrogen) atoms. The van der Waals surface area contributed by atoms with Crippen LogP contribution < -0.4 is 14.8 Å². The van der Waals surface area contributed by atoms with Crippen molar-refractivity contribution < 1.29 is 9.47 Å². The van der Waals surface area contributed by atoms with Crippen molar-refractivity contribution in [2.24, 2.45) is 0 Å². The molecular weight excluding hydrogens is 312 g/mol. The number of rotatable bonds is 7. The monoisotopic (exact) mass is 340 g/mol. The molecule has 0 aliphatic carbocycles. The number of ether oxygens (including phenoxy) is 2. The molecule has 0 radical (unpaired) electrons. The highest BCUT2D eigenvalue weighted by Gasteiger charge is 2.21. The molecule has 1 aliphatic heterocycles. The maximum absolute atomic E-state index is 5.98. The number of nitrogens with zero attached hydrogens (tertiary/aromatic N) is 1. The van der Waals surface area contributed by atoms with Gasteiger partial charge in [-0.1, -0.05) is 43.3 Å². The third-order valence-corrected chi connectivity index (χ3v) is 4.79. The van der Waals surface area contributed by atoms with Gasteiger partial charge in [-0.3, -0.25) is 4.90 Å². The van der Waals surface area contributed by atoms with Crippen molar-refractivity contribution in [2.75, 3.05) is 33.3 Å². The second-order valence-electron chi connectivity index (χ2n) is 6.39. The molecule has 4 nitrogen and oxygen atoms in total. The Morgan fingerprint density at radius 3 is 2.48 bits per heavy atom. The van der Waals surface area contributed by atoms with Gasteiger partial charge in [0.25, 0.3) is 0 Å². The molecule has 2 aromatic carbocycles. The van der Waals surface area contributed by atoms with E-state index in [4.69, 9.17) is 9.47 Å². The summed E-state index contributed by atoms with van der Waals surface area (Å²) in [7, 11) is 1.71. The van der Waals surface area contributed by atoms with E-state index in [2.05, 4.69) is 41.4 Å². The maximum Gasteiger partial charge on any atom is 0.161 e. The number of nitrogens with one attached hydrogen (secondary N) is 1. The Balaban J connectivity index is 1.73. The van der Waals surface area contributed by atoms with Gasteiger partial charge in [0, 0.05) is 32.2 Å². The molecule has 0 bridgehead atoms. The summed E-state index contributed by atoms with van der Waals surface area (Å²) in [6, 6.07) is 17.0. The first-order valence-corrected chi connectivity index (χ1v) is 9.11. The van der Waals surface area contributed by atoms with Gasteiger partial charge in [-0.15, -0.1) is 0 Å². The van der Waals surface area contributed by atoms with E-state index >= 15 is 0 Å². The highest BCUT2D eigenvalue weighted by molar-refractivity contribution is 5.44. The number of piperazine rings is 1. The van der Waals surface area contributed by atoms with E-state index < -0.39 is 0 Å². The highest BCUT2D eigenvalue weighted by atomic mass is 16.5. The Morgan fingerprint density at radius 1 is 1.04 bits per heavy atom. The molecule has 1 N–H and O–H groups in total. The van der Waals surface area contributed by atoms with Crippen molar-refractivity contribution >= 4 is 0 Å². The standard InChI is InChI=1S/C21H28N2O2/c1-3-19(23-13-11-22-12-14-23)18-9-10-20(21(15-18)24-2)25-16-17-7-5-4-6-8-17/h4-10,15,19,22H,3,11-14,16H2,1-2H3/t19-/m1/s1. The molecular formula is C21H28N2O2. The Hall–Kier alpha value is -2.04. The van der Waals surface area contributed by atoms with Crippen LogP contribution in [-0.4, -0.2) is 38.2 Å². The summed E-state index contributed by atoms with van der Waals surface area (Å²) in [5, 5.41) is 3.42. The number of hydrogen-bond donors (Lipinski definition) is 1. The third kappa shape index (κ3) is 4.53. The van der Waals surface area contributed by atoms with Gasteiger partial charge in [0.1, 0.15) is 6.61 Å². The van der Waals surface area contributed by atoms with Gasteiger partial charge in [0.2, 0.25) is 0 Å². The number of methoxy groups -OCH3 is 1. The van der Waals surface area contributed by atoms with Crippen LogP contribution in [-0.2, 0) is 6.61 Å². The Bertz CT molecular complexity index is 654. The van der Waals surface area contributed by atoms with Crippen LogP contribution in [0.4, 0.5) is 0 Å². The molecule has 0 saturated carbocycles. The predicted octanol–water partition coefficient (Wildman–Crippen LogP) is 3.63. The van der Waals surface area contributed by atoms with Crippen molar-refractivity contribution in [3.8, 4) is 11.5 Å². The molecule has 1 saturated heterocycles.